The van der Waals surface area contributed by atoms with Crippen LogP contribution in [0.1, 0.15) is 17.0 Å². The fourth-order valence-corrected chi connectivity index (χ4v) is 3.65. The number of amides is 1. The van der Waals surface area contributed by atoms with Gasteiger partial charge in [0.2, 0.25) is 6.10 Å². The second-order valence-corrected chi connectivity index (χ2v) is 7.60. The SMILES string of the molecule is Cc1cc(CN(Cc2ccc(F)cc2Cl)C(=O)C2COc3ccccc3O2)n(C)n1. The Morgan fingerprint density at radius 1 is 1.23 bits per heavy atom. The largest absolute Gasteiger partial charge is 0.485 e. The van der Waals surface area contributed by atoms with E-state index in [0.29, 0.717) is 23.6 Å². The molecule has 30 heavy (non-hydrogen) atoms. The van der Waals surface area contributed by atoms with Crippen LogP contribution in [-0.4, -0.2) is 33.3 Å². The van der Waals surface area contributed by atoms with Crippen LogP contribution in [0.4, 0.5) is 4.39 Å². The number of para-hydroxylation sites is 2. The molecule has 1 atom stereocenters. The van der Waals surface area contributed by atoms with Gasteiger partial charge in [-0.15, -0.1) is 0 Å². The summed E-state index contributed by atoms with van der Waals surface area (Å²) in [5.41, 5.74) is 2.35. The fraction of sp³-hybridized carbons (Fsp3) is 0.273. The van der Waals surface area contributed by atoms with E-state index < -0.39 is 11.9 Å². The van der Waals surface area contributed by atoms with E-state index in [1.54, 1.807) is 27.8 Å². The fourth-order valence-electron chi connectivity index (χ4n) is 3.42. The highest BCUT2D eigenvalue weighted by Crippen LogP contribution is 2.32. The molecule has 1 aliphatic rings. The van der Waals surface area contributed by atoms with Crippen molar-refractivity contribution in [1.82, 2.24) is 14.7 Å². The van der Waals surface area contributed by atoms with Crippen LogP contribution in [0, 0.1) is 12.7 Å². The van der Waals surface area contributed by atoms with Crippen molar-refractivity contribution in [2.24, 2.45) is 7.05 Å². The Labute approximate surface area is 178 Å². The summed E-state index contributed by atoms with van der Waals surface area (Å²) in [5.74, 6) is 0.462. The van der Waals surface area contributed by atoms with Gasteiger partial charge in [-0.2, -0.15) is 5.10 Å². The highest BCUT2D eigenvalue weighted by Gasteiger charge is 2.32. The molecule has 1 aliphatic heterocycles. The van der Waals surface area contributed by atoms with Crippen LogP contribution in [-0.2, 0) is 24.9 Å². The molecule has 6 nitrogen and oxygen atoms in total. The molecule has 2 heterocycles. The second-order valence-electron chi connectivity index (χ2n) is 7.19. The number of hydrogen-bond donors (Lipinski definition) is 0. The van der Waals surface area contributed by atoms with Crippen LogP contribution in [0.25, 0.3) is 0 Å². The van der Waals surface area contributed by atoms with Gasteiger partial charge in [-0.05, 0) is 42.8 Å². The zero-order valence-corrected chi connectivity index (χ0v) is 17.4. The van der Waals surface area contributed by atoms with E-state index in [2.05, 4.69) is 5.10 Å². The minimum absolute atomic E-state index is 0.105. The van der Waals surface area contributed by atoms with Crippen LogP contribution < -0.4 is 9.47 Å². The monoisotopic (exact) mass is 429 g/mol. The molecule has 0 fully saturated rings. The Morgan fingerprint density at radius 3 is 2.70 bits per heavy atom. The van der Waals surface area contributed by atoms with Crippen molar-refractivity contribution in [3.05, 3.63) is 76.3 Å². The number of rotatable bonds is 5. The number of ether oxygens (including phenoxy) is 2. The van der Waals surface area contributed by atoms with Crippen molar-refractivity contribution in [2.45, 2.75) is 26.1 Å². The summed E-state index contributed by atoms with van der Waals surface area (Å²) < 4.78 is 26.8. The third kappa shape index (κ3) is 4.26. The molecule has 0 saturated carbocycles. The molecule has 0 bridgehead atoms. The summed E-state index contributed by atoms with van der Waals surface area (Å²) in [5, 5.41) is 4.61. The quantitative estimate of drug-likeness (QED) is 0.617. The number of aromatic nitrogens is 2. The molecule has 8 heteroatoms. The van der Waals surface area contributed by atoms with Crippen LogP contribution in [0.15, 0.2) is 48.5 Å². The van der Waals surface area contributed by atoms with Crippen LogP contribution in [0.3, 0.4) is 0 Å². The number of nitrogens with zero attached hydrogens (tertiary/aromatic N) is 3. The van der Waals surface area contributed by atoms with E-state index in [1.165, 1.54) is 12.1 Å². The second kappa shape index (κ2) is 8.36. The average molecular weight is 430 g/mol. The number of hydrogen-bond acceptors (Lipinski definition) is 4. The molecule has 0 aliphatic carbocycles. The summed E-state index contributed by atoms with van der Waals surface area (Å²) in [6.45, 7) is 2.49. The molecule has 0 spiro atoms. The lowest BCUT2D eigenvalue weighted by Gasteiger charge is -2.31. The molecular weight excluding hydrogens is 409 g/mol. The minimum Gasteiger partial charge on any atom is -0.485 e. The Bertz CT molecular complexity index is 1090. The molecule has 1 unspecified atom stereocenters. The molecule has 0 N–H and O–H groups in total. The zero-order chi connectivity index (χ0) is 21.3. The highest BCUT2D eigenvalue weighted by molar-refractivity contribution is 6.31. The third-order valence-electron chi connectivity index (χ3n) is 4.92. The molecule has 0 saturated heterocycles. The summed E-state index contributed by atoms with van der Waals surface area (Å²) in [6, 6.07) is 13.3. The van der Waals surface area contributed by atoms with Gasteiger partial charge in [-0.1, -0.05) is 29.8 Å². The van der Waals surface area contributed by atoms with E-state index in [-0.39, 0.29) is 24.1 Å². The van der Waals surface area contributed by atoms with Gasteiger partial charge in [-0.25, -0.2) is 4.39 Å². The van der Waals surface area contributed by atoms with Crippen LogP contribution in [0.5, 0.6) is 11.5 Å². The van der Waals surface area contributed by atoms with Crippen LogP contribution in [0.2, 0.25) is 5.02 Å². The van der Waals surface area contributed by atoms with Gasteiger partial charge in [0.05, 0.1) is 17.9 Å². The van der Waals surface area contributed by atoms with E-state index >= 15 is 0 Å². The van der Waals surface area contributed by atoms with Gasteiger partial charge < -0.3 is 14.4 Å². The normalized spacial score (nSPS) is 15.1. The molecule has 0 radical (unpaired) electrons. The zero-order valence-electron chi connectivity index (χ0n) is 16.6. The summed E-state index contributed by atoms with van der Waals surface area (Å²) in [7, 11) is 1.83. The molecule has 3 aromatic rings. The Hall–Kier alpha value is -3.06. The predicted octanol–water partition coefficient (Wildman–Crippen LogP) is 3.89. The van der Waals surface area contributed by atoms with Crippen molar-refractivity contribution in [1.29, 1.82) is 0 Å². The third-order valence-corrected chi connectivity index (χ3v) is 5.28. The van der Waals surface area contributed by atoms with Crippen molar-refractivity contribution in [2.75, 3.05) is 6.61 Å². The van der Waals surface area contributed by atoms with Gasteiger partial charge in [0.25, 0.3) is 5.91 Å². The average Bonchev–Trinajstić information content (AvgIpc) is 3.05. The van der Waals surface area contributed by atoms with Crippen molar-refractivity contribution in [3.8, 4) is 11.5 Å². The molecule has 4 rings (SSSR count). The highest BCUT2D eigenvalue weighted by atomic mass is 35.5. The number of carbonyl (C=O) groups excluding carboxylic acids is 1. The maximum absolute atomic E-state index is 13.5. The molecule has 156 valence electrons. The summed E-state index contributed by atoms with van der Waals surface area (Å²) in [4.78, 5) is 15.0. The Kier molecular flexibility index (Phi) is 5.63. The first kappa shape index (κ1) is 20.2. The molecule has 1 amide bonds. The van der Waals surface area contributed by atoms with Gasteiger partial charge >= 0.3 is 0 Å². The number of benzene rings is 2. The number of aryl methyl sites for hydroxylation is 2. The van der Waals surface area contributed by atoms with Gasteiger partial charge in [-0.3, -0.25) is 9.48 Å². The summed E-state index contributed by atoms with van der Waals surface area (Å²) >= 11 is 6.22. The maximum Gasteiger partial charge on any atom is 0.267 e. The maximum atomic E-state index is 13.5. The first-order chi connectivity index (χ1) is 14.4. The summed E-state index contributed by atoms with van der Waals surface area (Å²) in [6.07, 6.45) is -0.798. The van der Waals surface area contributed by atoms with E-state index in [9.17, 15) is 9.18 Å². The van der Waals surface area contributed by atoms with E-state index in [4.69, 9.17) is 21.1 Å². The molecule has 1 aromatic heterocycles. The van der Waals surface area contributed by atoms with Gasteiger partial charge in [0.1, 0.15) is 12.4 Å². The predicted molar refractivity (Wildman–Crippen MR) is 110 cm³/mol. The number of carbonyl (C=O) groups is 1. The standard InChI is InChI=1S/C22H21ClFN3O3/c1-14-9-17(26(2)25-14)12-27(11-15-7-8-16(24)10-18(15)23)22(28)21-13-29-19-5-3-4-6-20(19)30-21/h3-10,21H,11-13H2,1-2H3. The van der Waals surface area contributed by atoms with E-state index in [0.717, 1.165) is 11.4 Å². The lowest BCUT2D eigenvalue weighted by atomic mass is 10.1. The Morgan fingerprint density at radius 2 is 2.00 bits per heavy atom. The van der Waals surface area contributed by atoms with Crippen LogP contribution >= 0.6 is 11.6 Å². The first-order valence-corrected chi connectivity index (χ1v) is 9.89. The van der Waals surface area contributed by atoms with Crippen molar-refractivity contribution in [3.63, 3.8) is 0 Å². The van der Waals surface area contributed by atoms with Crippen molar-refractivity contribution < 1.29 is 18.7 Å². The topological polar surface area (TPSA) is 56.6 Å². The minimum atomic E-state index is -0.798. The van der Waals surface area contributed by atoms with Gasteiger partial charge in [0, 0.05) is 18.6 Å². The first-order valence-electron chi connectivity index (χ1n) is 9.51. The van der Waals surface area contributed by atoms with Gasteiger partial charge in [0.15, 0.2) is 11.5 Å². The lowest BCUT2D eigenvalue weighted by Crippen LogP contribution is -2.46. The van der Waals surface area contributed by atoms with Crippen molar-refractivity contribution >= 4 is 17.5 Å². The number of fused-ring (bicyclic) bond motifs is 1. The Balaban J connectivity index is 1.60. The lowest BCUT2D eigenvalue weighted by molar-refractivity contribution is -0.142. The molecular formula is C22H21ClFN3O3. The molecule has 2 aromatic carbocycles. The smallest absolute Gasteiger partial charge is 0.267 e. The van der Waals surface area contributed by atoms with E-state index in [1.807, 2.05) is 32.2 Å². The number of halogens is 2.